The summed E-state index contributed by atoms with van der Waals surface area (Å²) in [7, 11) is 0. The lowest BCUT2D eigenvalue weighted by atomic mass is 10.2. The van der Waals surface area contributed by atoms with E-state index in [2.05, 4.69) is 20.9 Å². The maximum Gasteiger partial charge on any atom is 0.339 e. The van der Waals surface area contributed by atoms with E-state index in [-0.39, 0.29) is 11.3 Å². The molecule has 0 fully saturated rings. The fourth-order valence-electron chi connectivity index (χ4n) is 1.33. The molecule has 92 valence electrons. The van der Waals surface area contributed by atoms with Crippen molar-refractivity contribution in [2.75, 3.05) is 0 Å². The van der Waals surface area contributed by atoms with Gasteiger partial charge in [0.05, 0.1) is 11.2 Å². The van der Waals surface area contributed by atoms with Crippen LogP contribution in [0.1, 0.15) is 10.4 Å². The summed E-state index contributed by atoms with van der Waals surface area (Å²) < 4.78 is 6.12. The van der Waals surface area contributed by atoms with Gasteiger partial charge in [0.2, 0.25) is 0 Å². The molecule has 0 unspecified atom stereocenters. The molecule has 1 aromatic heterocycles. The van der Waals surface area contributed by atoms with E-state index >= 15 is 0 Å². The first kappa shape index (κ1) is 12.9. The number of hydrogen-bond donors (Lipinski definition) is 1. The molecule has 4 nitrogen and oxygen atoms in total. The quantitative estimate of drug-likeness (QED) is 0.925. The predicted molar refractivity (Wildman–Crippen MR) is 70.4 cm³/mol. The van der Waals surface area contributed by atoms with Crippen LogP contribution in [0.5, 0.6) is 11.5 Å². The molecule has 18 heavy (non-hydrogen) atoms. The Labute approximate surface area is 116 Å². The number of rotatable bonds is 3. The van der Waals surface area contributed by atoms with Crippen molar-refractivity contribution in [2.24, 2.45) is 0 Å². The number of halogens is 2. The van der Waals surface area contributed by atoms with Crippen LogP contribution in [0, 0.1) is 0 Å². The van der Waals surface area contributed by atoms with Crippen molar-refractivity contribution in [3.05, 3.63) is 51.7 Å². The molecule has 0 bridgehead atoms. The van der Waals surface area contributed by atoms with E-state index in [0.29, 0.717) is 15.2 Å². The predicted octanol–water partition coefficient (Wildman–Crippen LogP) is 3.99. The Kier molecular flexibility index (Phi) is 3.84. The Morgan fingerprint density at radius 2 is 2.11 bits per heavy atom. The average molecular weight is 329 g/mol. The van der Waals surface area contributed by atoms with Crippen LogP contribution in [0.4, 0.5) is 0 Å². The van der Waals surface area contributed by atoms with Crippen molar-refractivity contribution >= 4 is 33.5 Å². The topological polar surface area (TPSA) is 59.4 Å². The van der Waals surface area contributed by atoms with Crippen molar-refractivity contribution in [1.82, 2.24) is 4.98 Å². The van der Waals surface area contributed by atoms with Crippen molar-refractivity contribution in [2.45, 2.75) is 0 Å². The van der Waals surface area contributed by atoms with Crippen molar-refractivity contribution in [3.63, 3.8) is 0 Å². The van der Waals surface area contributed by atoms with Crippen LogP contribution in [0.2, 0.25) is 5.02 Å². The maximum atomic E-state index is 11.1. The van der Waals surface area contributed by atoms with Crippen LogP contribution in [-0.2, 0) is 0 Å². The normalized spacial score (nSPS) is 10.1. The number of carboxylic acid groups (broad SMARTS) is 1. The van der Waals surface area contributed by atoms with Gasteiger partial charge in [-0.05, 0) is 18.2 Å². The zero-order valence-electron chi connectivity index (χ0n) is 8.93. The lowest BCUT2D eigenvalue weighted by Gasteiger charge is -2.08. The van der Waals surface area contributed by atoms with Gasteiger partial charge in [-0.25, -0.2) is 4.79 Å². The highest BCUT2D eigenvalue weighted by molar-refractivity contribution is 9.10. The third-order valence-corrected chi connectivity index (χ3v) is 2.78. The first-order valence-electron chi connectivity index (χ1n) is 4.87. The van der Waals surface area contributed by atoms with Gasteiger partial charge >= 0.3 is 5.97 Å². The summed E-state index contributed by atoms with van der Waals surface area (Å²) in [5.41, 5.74) is 0.0596. The molecule has 0 aliphatic rings. The Morgan fingerprint density at radius 3 is 2.78 bits per heavy atom. The van der Waals surface area contributed by atoms with Crippen molar-refractivity contribution in [1.29, 1.82) is 0 Å². The van der Waals surface area contributed by atoms with Crippen LogP contribution in [-0.4, -0.2) is 16.1 Å². The summed E-state index contributed by atoms with van der Waals surface area (Å²) in [6.45, 7) is 0. The Hall–Kier alpha value is -1.59. The minimum Gasteiger partial charge on any atom is -0.478 e. The standard InChI is InChI=1S/C12H7BrClNO3/c13-7-1-2-11(10(3-7)12(16)17)18-9-4-8(14)5-15-6-9/h1-6H,(H,16,17). The molecule has 0 amide bonds. The minimum atomic E-state index is -1.07. The van der Waals surface area contributed by atoms with E-state index in [4.69, 9.17) is 21.4 Å². The first-order chi connectivity index (χ1) is 8.56. The second-order valence-corrected chi connectivity index (χ2v) is 4.74. The molecule has 0 radical (unpaired) electrons. The number of aromatic nitrogens is 1. The third-order valence-electron chi connectivity index (χ3n) is 2.08. The molecular formula is C12H7BrClNO3. The summed E-state index contributed by atoms with van der Waals surface area (Å²) in [5.74, 6) is -0.455. The summed E-state index contributed by atoms with van der Waals surface area (Å²) in [6, 6.07) is 6.28. The monoisotopic (exact) mass is 327 g/mol. The first-order valence-corrected chi connectivity index (χ1v) is 6.04. The fourth-order valence-corrected chi connectivity index (χ4v) is 1.86. The summed E-state index contributed by atoms with van der Waals surface area (Å²) in [6.07, 6.45) is 2.92. The number of aromatic carboxylic acids is 1. The van der Waals surface area contributed by atoms with Gasteiger partial charge in [0, 0.05) is 16.7 Å². The third kappa shape index (κ3) is 3.00. The average Bonchev–Trinajstić information content (AvgIpc) is 2.31. The second kappa shape index (κ2) is 5.37. The number of carboxylic acids is 1. The van der Waals surface area contributed by atoms with Gasteiger partial charge in [0.15, 0.2) is 0 Å². The van der Waals surface area contributed by atoms with E-state index < -0.39 is 5.97 Å². The second-order valence-electron chi connectivity index (χ2n) is 3.39. The van der Waals surface area contributed by atoms with E-state index in [1.165, 1.54) is 18.5 Å². The number of benzene rings is 1. The molecule has 0 aliphatic carbocycles. The molecule has 1 aromatic carbocycles. The molecule has 2 aromatic rings. The van der Waals surface area contributed by atoms with Crippen LogP contribution >= 0.6 is 27.5 Å². The minimum absolute atomic E-state index is 0.0596. The van der Waals surface area contributed by atoms with Crippen molar-refractivity contribution in [3.8, 4) is 11.5 Å². The van der Waals surface area contributed by atoms with Gasteiger partial charge in [0.1, 0.15) is 17.1 Å². The molecule has 0 aliphatic heterocycles. The van der Waals surface area contributed by atoms with Gasteiger partial charge in [-0.2, -0.15) is 0 Å². The highest BCUT2D eigenvalue weighted by Crippen LogP contribution is 2.28. The van der Waals surface area contributed by atoms with Crippen LogP contribution in [0.25, 0.3) is 0 Å². The molecule has 2 rings (SSSR count). The van der Waals surface area contributed by atoms with Gasteiger partial charge in [0.25, 0.3) is 0 Å². The fraction of sp³-hybridized carbons (Fsp3) is 0. The van der Waals surface area contributed by atoms with Crippen molar-refractivity contribution < 1.29 is 14.6 Å². The zero-order chi connectivity index (χ0) is 13.1. The molecule has 0 spiro atoms. The lowest BCUT2D eigenvalue weighted by Crippen LogP contribution is -2.00. The lowest BCUT2D eigenvalue weighted by molar-refractivity contribution is 0.0694. The highest BCUT2D eigenvalue weighted by Gasteiger charge is 2.12. The largest absolute Gasteiger partial charge is 0.478 e. The van der Waals surface area contributed by atoms with E-state index in [1.54, 1.807) is 18.2 Å². The number of ether oxygens (including phenoxy) is 1. The highest BCUT2D eigenvalue weighted by atomic mass is 79.9. The Balaban J connectivity index is 2.37. The number of hydrogen-bond acceptors (Lipinski definition) is 3. The summed E-state index contributed by atoms with van der Waals surface area (Å²) in [4.78, 5) is 14.9. The number of nitrogens with zero attached hydrogens (tertiary/aromatic N) is 1. The zero-order valence-corrected chi connectivity index (χ0v) is 11.3. The molecule has 0 atom stereocenters. The van der Waals surface area contributed by atoms with Gasteiger partial charge in [-0.15, -0.1) is 0 Å². The maximum absolute atomic E-state index is 11.1. The van der Waals surface area contributed by atoms with E-state index in [0.717, 1.165) is 0 Å². The van der Waals surface area contributed by atoms with Gasteiger partial charge < -0.3 is 9.84 Å². The number of carbonyl (C=O) groups is 1. The van der Waals surface area contributed by atoms with Crippen LogP contribution < -0.4 is 4.74 Å². The Bertz CT molecular complexity index is 604. The molecule has 0 saturated carbocycles. The molecule has 1 heterocycles. The van der Waals surface area contributed by atoms with Gasteiger partial charge in [-0.3, -0.25) is 4.98 Å². The smallest absolute Gasteiger partial charge is 0.339 e. The molecule has 0 saturated heterocycles. The molecule has 6 heteroatoms. The van der Waals surface area contributed by atoms with Gasteiger partial charge in [-0.1, -0.05) is 27.5 Å². The molecular weight excluding hydrogens is 321 g/mol. The number of pyridine rings is 1. The van der Waals surface area contributed by atoms with E-state index in [1.807, 2.05) is 0 Å². The van der Waals surface area contributed by atoms with Crippen LogP contribution in [0.3, 0.4) is 0 Å². The summed E-state index contributed by atoms with van der Waals surface area (Å²) >= 11 is 8.98. The SMILES string of the molecule is O=C(O)c1cc(Br)ccc1Oc1cncc(Cl)c1. The van der Waals surface area contributed by atoms with E-state index in [9.17, 15) is 4.79 Å². The van der Waals surface area contributed by atoms with Crippen LogP contribution in [0.15, 0.2) is 41.1 Å². The molecule has 1 N–H and O–H groups in total. The Morgan fingerprint density at radius 1 is 1.33 bits per heavy atom. The summed E-state index contributed by atoms with van der Waals surface area (Å²) in [5, 5.41) is 9.50.